The molecule has 10 aromatic rings. The SMILES string of the molecule is CC(C)(C)c1ccnc(-c2[c-]cccc2)n1.[2H]C1([2H])CCC([2H])([2H])c2c1ccc1nc(-c3[c-]ccc4c3oc3c4ccc4sc(C#N)nc43)n(-c3c(C(C)C)cc(-c4ccc([Si](C)(C)C)cc4)cc3C(C)C)c21.[Ir]. The first-order chi connectivity index (χ1) is 34.6. The number of aromatic nitrogens is 5. The monoisotopic (exact) mass is 1140 g/mol. The van der Waals surface area contributed by atoms with E-state index in [-0.39, 0.29) is 50.2 Å². The molecule has 0 amide bonds. The normalized spacial score (nSPS) is 15.2. The van der Waals surface area contributed by atoms with E-state index in [9.17, 15) is 8.00 Å². The molecule has 0 aliphatic heterocycles. The van der Waals surface area contributed by atoms with Crippen molar-refractivity contribution in [3.8, 4) is 45.7 Å². The summed E-state index contributed by atoms with van der Waals surface area (Å²) in [7, 11) is -1.50. The van der Waals surface area contributed by atoms with Gasteiger partial charge in [0.1, 0.15) is 17.2 Å². The fourth-order valence-electron chi connectivity index (χ4n) is 9.25. The van der Waals surface area contributed by atoms with Crippen LogP contribution >= 0.6 is 11.3 Å². The van der Waals surface area contributed by atoms with Crippen molar-refractivity contribution in [1.82, 2.24) is 24.5 Å². The summed E-state index contributed by atoms with van der Waals surface area (Å²) in [5.74, 6) is 1.40. The molecule has 0 N–H and O–H groups in total. The van der Waals surface area contributed by atoms with Crippen LogP contribution in [0.4, 0.5) is 0 Å². The van der Waals surface area contributed by atoms with Crippen LogP contribution in [-0.4, -0.2) is 32.6 Å². The summed E-state index contributed by atoms with van der Waals surface area (Å²) < 4.78 is 46.7. The van der Waals surface area contributed by atoms with E-state index in [0.717, 1.165) is 60.5 Å². The molecule has 0 atom stereocenters. The Labute approximate surface area is 436 Å². The van der Waals surface area contributed by atoms with Gasteiger partial charge in [0.25, 0.3) is 0 Å². The standard InChI is InChI=1S/C46H43N4OSSi.C14H15N2.Ir/c1-26(2)36-23-30(28-15-18-31(19-16-28)53(5,6)7)24-37(27(3)4)42(36)50-43-32-12-9-8-11-29(32)17-21-38(43)48-46(50)35-14-10-13-33-34-20-22-39-41(45(34)51-44(33)35)49-40(25-47)52-39;1-14(2,3)12-9-10-15-13(16-12)11-7-5-4-6-8-11;/h10,13,15-24,26-27H,8-9,11-12H2,1-7H3;4-7,9-10H,1-3H3;/q2*-1;/i11D2,12D2;;. The quantitative estimate of drug-likeness (QED) is 0.117. The van der Waals surface area contributed by atoms with E-state index in [2.05, 4.69) is 142 Å². The molecule has 10 heteroatoms. The van der Waals surface area contributed by atoms with Gasteiger partial charge in [-0.25, -0.2) is 4.98 Å². The number of thiazole rings is 1. The summed E-state index contributed by atoms with van der Waals surface area (Å²) >= 11 is 1.33. The molecule has 1 aliphatic rings. The number of aryl methyl sites for hydroxylation is 2. The van der Waals surface area contributed by atoms with E-state index < -0.39 is 20.8 Å². The second-order valence-electron chi connectivity index (χ2n) is 20.5. The van der Waals surface area contributed by atoms with E-state index in [1.165, 1.54) is 16.5 Å². The van der Waals surface area contributed by atoms with Gasteiger partial charge in [-0.2, -0.15) is 5.26 Å². The number of nitrogens with zero attached hydrogens (tertiary/aromatic N) is 6. The number of benzene rings is 6. The predicted molar refractivity (Wildman–Crippen MR) is 289 cm³/mol. The van der Waals surface area contributed by atoms with E-state index in [1.54, 1.807) is 6.07 Å². The molecule has 7 nitrogen and oxygen atoms in total. The van der Waals surface area contributed by atoms with E-state index in [1.807, 2.05) is 66.9 Å². The predicted octanol–water partition coefficient (Wildman–Crippen LogP) is 15.5. The maximum atomic E-state index is 9.65. The third-order valence-corrected chi connectivity index (χ3v) is 15.9. The number of rotatable bonds is 7. The number of hydrogen-bond acceptors (Lipinski definition) is 7. The van der Waals surface area contributed by atoms with Gasteiger partial charge in [0.15, 0.2) is 5.01 Å². The molecular formula is C60H58IrN6OSSi-2. The molecular weight excluding hydrogens is 1070 g/mol. The first kappa shape index (κ1) is 43.9. The van der Waals surface area contributed by atoms with Crippen molar-refractivity contribution < 1.29 is 30.0 Å². The number of furan rings is 1. The minimum absolute atomic E-state index is 0. The Morgan fingerprint density at radius 1 is 0.800 bits per heavy atom. The Balaban J connectivity index is 0.000000338. The van der Waals surface area contributed by atoms with Gasteiger partial charge in [-0.05, 0) is 101 Å². The molecule has 70 heavy (non-hydrogen) atoms. The van der Waals surface area contributed by atoms with Crippen LogP contribution < -0.4 is 5.19 Å². The zero-order valence-electron chi connectivity index (χ0n) is 45.3. The molecule has 4 aromatic heterocycles. The zero-order chi connectivity index (χ0) is 51.9. The molecule has 0 saturated carbocycles. The largest absolute Gasteiger partial charge is 0.498 e. The fourth-order valence-corrected chi connectivity index (χ4v) is 11.2. The first-order valence-electron chi connectivity index (χ1n) is 25.8. The topological polar surface area (TPSA) is 93.4 Å². The van der Waals surface area contributed by atoms with Crippen LogP contribution in [-0.2, 0) is 38.3 Å². The molecule has 0 fully saturated rings. The Morgan fingerprint density at radius 2 is 1.53 bits per heavy atom. The van der Waals surface area contributed by atoms with Crippen LogP contribution in [0, 0.1) is 23.5 Å². The van der Waals surface area contributed by atoms with Crippen molar-refractivity contribution in [2.75, 3.05) is 0 Å². The van der Waals surface area contributed by atoms with Gasteiger partial charge in [-0.3, -0.25) is 15.0 Å². The molecule has 0 unspecified atom stereocenters. The van der Waals surface area contributed by atoms with Gasteiger partial charge in [-0.15, -0.1) is 65.4 Å². The van der Waals surface area contributed by atoms with Gasteiger partial charge in [0.2, 0.25) is 0 Å². The van der Waals surface area contributed by atoms with Gasteiger partial charge < -0.3 is 8.98 Å². The van der Waals surface area contributed by atoms with Crippen molar-refractivity contribution in [1.29, 1.82) is 5.26 Å². The van der Waals surface area contributed by atoms with E-state index in [4.69, 9.17) is 12.1 Å². The van der Waals surface area contributed by atoms with Gasteiger partial charge >= 0.3 is 0 Å². The van der Waals surface area contributed by atoms with Gasteiger partial charge in [0, 0.05) is 54.0 Å². The Morgan fingerprint density at radius 3 is 2.20 bits per heavy atom. The number of fused-ring (bicyclic) bond motifs is 8. The molecule has 0 saturated heterocycles. The molecule has 6 aromatic carbocycles. The molecule has 1 aliphatic carbocycles. The van der Waals surface area contributed by atoms with Gasteiger partial charge in [0.05, 0.1) is 41.0 Å². The number of imidazole rings is 1. The molecule has 0 bridgehead atoms. The number of nitriles is 1. The van der Waals surface area contributed by atoms with Crippen LogP contribution in [0.25, 0.3) is 82.8 Å². The first-order valence-corrected chi connectivity index (χ1v) is 28.1. The van der Waals surface area contributed by atoms with Crippen LogP contribution in [0.1, 0.15) is 112 Å². The van der Waals surface area contributed by atoms with E-state index in [0.29, 0.717) is 55.2 Å². The summed E-state index contributed by atoms with van der Waals surface area (Å²) in [6, 6.07) is 43.5. The van der Waals surface area contributed by atoms with Crippen molar-refractivity contribution in [3.63, 3.8) is 0 Å². The smallest absolute Gasteiger partial charge is 0.195 e. The Bertz CT molecular complexity index is 3780. The second-order valence-corrected chi connectivity index (χ2v) is 26.6. The third kappa shape index (κ3) is 9.10. The van der Waals surface area contributed by atoms with E-state index >= 15 is 0 Å². The number of hydrogen-bond donors (Lipinski definition) is 0. The van der Waals surface area contributed by atoms with Crippen LogP contribution in [0.3, 0.4) is 0 Å². The molecule has 11 rings (SSSR count). The van der Waals surface area contributed by atoms with Crippen LogP contribution in [0.15, 0.2) is 114 Å². The van der Waals surface area contributed by atoms with Crippen molar-refractivity contribution in [2.24, 2.45) is 0 Å². The second kappa shape index (κ2) is 19.3. The van der Waals surface area contributed by atoms with Gasteiger partial charge in [-0.1, -0.05) is 121 Å². The summed E-state index contributed by atoms with van der Waals surface area (Å²) in [4.78, 5) is 18.8. The zero-order valence-corrected chi connectivity index (χ0v) is 45.5. The van der Waals surface area contributed by atoms with Crippen molar-refractivity contribution in [2.45, 2.75) is 111 Å². The molecule has 0 spiro atoms. The minimum Gasteiger partial charge on any atom is -0.498 e. The fraction of sp³-hybridized carbons (Fsp3) is 0.283. The summed E-state index contributed by atoms with van der Waals surface area (Å²) in [5.41, 5.74) is 11.6. The Kier molecular flexibility index (Phi) is 12.1. The molecule has 1 radical (unpaired) electrons. The Hall–Kier alpha value is -6.08. The maximum absolute atomic E-state index is 9.65. The third-order valence-electron chi connectivity index (χ3n) is 12.9. The van der Waals surface area contributed by atoms with Crippen LogP contribution in [0.5, 0.6) is 0 Å². The maximum Gasteiger partial charge on any atom is 0.195 e. The minimum atomic E-state index is -1.81. The summed E-state index contributed by atoms with van der Waals surface area (Å²) in [6.07, 6.45) is -1.59. The summed E-state index contributed by atoms with van der Waals surface area (Å²) in [6.45, 7) is 22.3. The molecule has 355 valence electrons. The average molecular weight is 1140 g/mol. The average Bonchev–Trinajstić information content (AvgIpc) is 4.08. The van der Waals surface area contributed by atoms with Crippen molar-refractivity contribution in [3.05, 3.63) is 154 Å². The van der Waals surface area contributed by atoms with Crippen LogP contribution in [0.2, 0.25) is 19.6 Å². The summed E-state index contributed by atoms with van der Waals surface area (Å²) in [5, 5.41) is 13.1. The molecule has 4 heterocycles. The van der Waals surface area contributed by atoms with Crippen molar-refractivity contribution >= 4 is 67.8 Å².